The first kappa shape index (κ1) is 24.5. The van der Waals surface area contributed by atoms with Gasteiger partial charge in [-0.05, 0) is 69.9 Å². The molecule has 3 aromatic rings. The molecule has 2 N–H and O–H groups in total. The first-order valence-electron chi connectivity index (χ1n) is 12.1. The number of anilines is 2. The Morgan fingerprint density at radius 3 is 2.61 bits per heavy atom. The third kappa shape index (κ3) is 4.09. The standard InChI is InChI=1S/C25H30N6O4S/c1-24(2)10-3-15-30(24)36(33,34)19-7-5-18(6-8-19)28-22-21-20(9-14-27-23(21)32)31(29-22)25(12-13-26)11-4-16-35-17-25/h5-9,14H,3-4,10-12,15-17H2,1-2H3,(H,27,32)(H,28,29). The third-order valence-corrected chi connectivity index (χ3v) is 9.42. The van der Waals surface area contributed by atoms with Crippen molar-refractivity contribution in [1.82, 2.24) is 19.1 Å². The summed E-state index contributed by atoms with van der Waals surface area (Å²) >= 11 is 0. The lowest BCUT2D eigenvalue weighted by Gasteiger charge is -2.35. The van der Waals surface area contributed by atoms with Gasteiger partial charge in [0.1, 0.15) is 5.39 Å². The molecule has 4 heterocycles. The molecular weight excluding hydrogens is 480 g/mol. The van der Waals surface area contributed by atoms with Crippen LogP contribution in [0.4, 0.5) is 11.5 Å². The molecule has 0 bridgehead atoms. The molecule has 190 valence electrons. The molecule has 5 rings (SSSR count). The summed E-state index contributed by atoms with van der Waals surface area (Å²) in [5, 5.41) is 17.8. The van der Waals surface area contributed by atoms with Crippen molar-refractivity contribution in [3.05, 3.63) is 46.9 Å². The fourth-order valence-corrected chi connectivity index (χ4v) is 7.24. The first-order valence-corrected chi connectivity index (χ1v) is 13.6. The molecule has 0 saturated carbocycles. The van der Waals surface area contributed by atoms with Gasteiger partial charge in [-0.15, -0.1) is 0 Å². The average molecular weight is 511 g/mol. The Kier molecular flexibility index (Phi) is 6.14. The summed E-state index contributed by atoms with van der Waals surface area (Å²) in [4.78, 5) is 15.7. The van der Waals surface area contributed by atoms with E-state index in [1.54, 1.807) is 45.5 Å². The normalized spacial score (nSPS) is 22.5. The number of H-pyrrole nitrogens is 1. The highest BCUT2D eigenvalue weighted by molar-refractivity contribution is 7.89. The summed E-state index contributed by atoms with van der Waals surface area (Å²) < 4.78 is 35.5. The number of nitrogens with one attached hydrogen (secondary N) is 2. The maximum Gasteiger partial charge on any atom is 0.261 e. The van der Waals surface area contributed by atoms with Gasteiger partial charge < -0.3 is 15.0 Å². The minimum atomic E-state index is -3.62. The zero-order valence-corrected chi connectivity index (χ0v) is 21.3. The summed E-state index contributed by atoms with van der Waals surface area (Å²) in [6.45, 7) is 5.37. The van der Waals surface area contributed by atoms with Gasteiger partial charge in [-0.25, -0.2) is 8.42 Å². The van der Waals surface area contributed by atoms with E-state index in [-0.39, 0.29) is 16.9 Å². The number of hydrogen-bond acceptors (Lipinski definition) is 7. The second kappa shape index (κ2) is 9.03. The zero-order valence-electron chi connectivity index (χ0n) is 20.5. The van der Waals surface area contributed by atoms with Crippen molar-refractivity contribution in [2.24, 2.45) is 0 Å². The van der Waals surface area contributed by atoms with E-state index in [2.05, 4.69) is 16.4 Å². The van der Waals surface area contributed by atoms with Gasteiger partial charge in [-0.3, -0.25) is 9.48 Å². The van der Waals surface area contributed by atoms with Gasteiger partial charge in [0.05, 0.1) is 35.0 Å². The van der Waals surface area contributed by atoms with E-state index in [9.17, 15) is 18.5 Å². The lowest BCUT2D eigenvalue weighted by molar-refractivity contribution is -0.00174. The monoisotopic (exact) mass is 510 g/mol. The number of nitriles is 1. The molecule has 2 fully saturated rings. The van der Waals surface area contributed by atoms with Crippen LogP contribution in [-0.2, 0) is 20.3 Å². The van der Waals surface area contributed by atoms with Gasteiger partial charge in [-0.1, -0.05) is 0 Å². The van der Waals surface area contributed by atoms with Crippen molar-refractivity contribution < 1.29 is 13.2 Å². The van der Waals surface area contributed by atoms with Gasteiger partial charge in [0.15, 0.2) is 5.82 Å². The smallest absolute Gasteiger partial charge is 0.261 e. The predicted octanol–water partition coefficient (Wildman–Crippen LogP) is 3.45. The van der Waals surface area contributed by atoms with E-state index < -0.39 is 21.1 Å². The van der Waals surface area contributed by atoms with Gasteiger partial charge in [0, 0.05) is 30.6 Å². The number of benzene rings is 1. The highest BCUT2D eigenvalue weighted by Crippen LogP contribution is 2.36. The third-order valence-electron chi connectivity index (χ3n) is 7.29. The molecule has 1 unspecified atom stereocenters. The molecule has 0 amide bonds. The van der Waals surface area contributed by atoms with Crippen molar-refractivity contribution in [2.75, 3.05) is 25.1 Å². The Morgan fingerprint density at radius 2 is 1.97 bits per heavy atom. The Labute approximate surface area is 209 Å². The minimum absolute atomic E-state index is 0.204. The SMILES string of the molecule is CC1(C)CCCN1S(=O)(=O)c1ccc(Nc2nn(C3(CC#N)CCCOC3)c3cc[nH]c(=O)c23)cc1. The van der Waals surface area contributed by atoms with Crippen LogP contribution in [0.3, 0.4) is 0 Å². The lowest BCUT2D eigenvalue weighted by atomic mass is 9.89. The van der Waals surface area contributed by atoms with Crippen LogP contribution in [0, 0.1) is 11.3 Å². The Hall–Kier alpha value is -3.20. The second-order valence-corrected chi connectivity index (χ2v) is 12.0. The molecule has 0 spiro atoms. The Bertz CT molecular complexity index is 1480. The quantitative estimate of drug-likeness (QED) is 0.519. The molecule has 2 aliphatic heterocycles. The van der Waals surface area contributed by atoms with Crippen LogP contribution in [0.2, 0.25) is 0 Å². The van der Waals surface area contributed by atoms with E-state index in [4.69, 9.17) is 9.84 Å². The van der Waals surface area contributed by atoms with Crippen molar-refractivity contribution in [3.8, 4) is 6.07 Å². The molecular formula is C25H30N6O4S. The van der Waals surface area contributed by atoms with Crippen LogP contribution in [0.15, 0.2) is 46.2 Å². The average Bonchev–Trinajstić information content (AvgIpc) is 3.41. The molecule has 0 aliphatic carbocycles. The van der Waals surface area contributed by atoms with Crippen LogP contribution >= 0.6 is 0 Å². The van der Waals surface area contributed by atoms with Crippen LogP contribution in [-0.4, -0.2) is 52.8 Å². The fraction of sp³-hybridized carbons (Fsp3) is 0.480. The molecule has 2 saturated heterocycles. The van der Waals surface area contributed by atoms with Crippen molar-refractivity contribution in [3.63, 3.8) is 0 Å². The number of pyridine rings is 1. The predicted molar refractivity (Wildman–Crippen MR) is 136 cm³/mol. The maximum atomic E-state index is 13.2. The fourth-order valence-electron chi connectivity index (χ4n) is 5.39. The second-order valence-electron chi connectivity index (χ2n) is 10.2. The highest BCUT2D eigenvalue weighted by Gasteiger charge is 2.41. The number of fused-ring (bicyclic) bond motifs is 1. The van der Waals surface area contributed by atoms with Crippen LogP contribution in [0.1, 0.15) is 46.0 Å². The number of sulfonamides is 1. The van der Waals surface area contributed by atoms with Crippen LogP contribution in [0.25, 0.3) is 10.9 Å². The van der Waals surface area contributed by atoms with Crippen molar-refractivity contribution >= 4 is 32.4 Å². The van der Waals surface area contributed by atoms with E-state index in [1.165, 1.54) is 0 Å². The molecule has 2 aromatic heterocycles. The summed E-state index contributed by atoms with van der Waals surface area (Å²) in [6, 6.07) is 10.5. The van der Waals surface area contributed by atoms with Gasteiger partial charge >= 0.3 is 0 Å². The molecule has 0 radical (unpaired) electrons. The molecule has 1 atom stereocenters. The van der Waals surface area contributed by atoms with Crippen molar-refractivity contribution in [1.29, 1.82) is 5.26 Å². The highest BCUT2D eigenvalue weighted by atomic mass is 32.2. The van der Waals surface area contributed by atoms with Crippen LogP contribution in [0.5, 0.6) is 0 Å². The number of nitrogens with zero attached hydrogens (tertiary/aromatic N) is 4. The van der Waals surface area contributed by atoms with E-state index in [0.29, 0.717) is 48.6 Å². The molecule has 11 heteroatoms. The number of aromatic amines is 1. The topological polar surface area (TPSA) is 133 Å². The minimum Gasteiger partial charge on any atom is -0.379 e. The summed E-state index contributed by atoms with van der Waals surface area (Å²) in [5.41, 5.74) is -0.179. The lowest BCUT2D eigenvalue weighted by Crippen LogP contribution is -2.42. The molecule has 1 aromatic carbocycles. The molecule has 36 heavy (non-hydrogen) atoms. The molecule has 2 aliphatic rings. The van der Waals surface area contributed by atoms with E-state index in [0.717, 1.165) is 19.3 Å². The Balaban J connectivity index is 1.50. The van der Waals surface area contributed by atoms with Crippen LogP contribution < -0.4 is 10.9 Å². The first-order chi connectivity index (χ1) is 17.2. The maximum absolute atomic E-state index is 13.2. The summed E-state index contributed by atoms with van der Waals surface area (Å²) in [5.74, 6) is 0.339. The Morgan fingerprint density at radius 1 is 1.19 bits per heavy atom. The van der Waals surface area contributed by atoms with Gasteiger partial charge in [-0.2, -0.15) is 14.7 Å². The zero-order chi connectivity index (χ0) is 25.6. The largest absolute Gasteiger partial charge is 0.379 e. The van der Waals surface area contributed by atoms with Gasteiger partial charge in [0.25, 0.3) is 5.56 Å². The number of rotatable bonds is 6. The summed E-state index contributed by atoms with van der Waals surface area (Å²) in [6.07, 6.45) is 4.94. The number of hydrogen-bond donors (Lipinski definition) is 2. The van der Waals surface area contributed by atoms with Crippen molar-refractivity contribution in [2.45, 2.75) is 61.9 Å². The molecule has 10 nitrogen and oxygen atoms in total. The number of aromatic nitrogens is 3. The van der Waals surface area contributed by atoms with E-state index >= 15 is 0 Å². The van der Waals surface area contributed by atoms with Gasteiger partial charge in [0.2, 0.25) is 10.0 Å². The van der Waals surface area contributed by atoms with E-state index in [1.807, 2.05) is 13.8 Å². The summed E-state index contributed by atoms with van der Waals surface area (Å²) in [7, 11) is -3.62. The number of ether oxygens (including phenoxy) is 1.